The highest BCUT2D eigenvalue weighted by Gasteiger charge is 2.19. The van der Waals surface area contributed by atoms with E-state index in [-0.39, 0.29) is 0 Å². The van der Waals surface area contributed by atoms with Crippen LogP contribution in [0.4, 0.5) is 0 Å². The molecule has 0 unspecified atom stereocenters. The van der Waals surface area contributed by atoms with Crippen molar-refractivity contribution in [1.82, 2.24) is 10.1 Å². The molecule has 0 amide bonds. The van der Waals surface area contributed by atoms with Gasteiger partial charge in [-0.3, -0.25) is 0 Å². The Hall–Kier alpha value is -2.15. The summed E-state index contributed by atoms with van der Waals surface area (Å²) in [5.41, 5.74) is 1.76. The topological polar surface area (TPSA) is 62.7 Å². The Kier molecular flexibility index (Phi) is 4.30. The highest BCUT2D eigenvalue weighted by molar-refractivity contribution is 5.32. The second-order valence-electron chi connectivity index (χ2n) is 5.72. The van der Waals surface area contributed by atoms with Gasteiger partial charge in [0.1, 0.15) is 0 Å². The van der Waals surface area contributed by atoms with Crippen molar-refractivity contribution in [2.45, 2.75) is 50.9 Å². The molecule has 1 aliphatic rings. The van der Waals surface area contributed by atoms with Gasteiger partial charge in [0.15, 0.2) is 5.82 Å². The van der Waals surface area contributed by atoms with Gasteiger partial charge in [-0.1, -0.05) is 43.0 Å². The molecule has 0 N–H and O–H groups in total. The predicted molar refractivity (Wildman–Crippen MR) is 78.7 cm³/mol. The first-order valence-electron chi connectivity index (χ1n) is 7.66. The van der Waals surface area contributed by atoms with E-state index in [4.69, 9.17) is 9.78 Å². The average Bonchev–Trinajstić information content (AvgIpc) is 2.81. The summed E-state index contributed by atoms with van der Waals surface area (Å²) in [7, 11) is 0. The van der Waals surface area contributed by atoms with Crippen molar-refractivity contribution < 1.29 is 4.52 Å². The fourth-order valence-electron chi connectivity index (χ4n) is 2.91. The molecule has 0 bridgehead atoms. The van der Waals surface area contributed by atoms with Gasteiger partial charge in [-0.05, 0) is 30.5 Å². The molecule has 1 saturated carbocycles. The molecular weight excluding hydrogens is 262 g/mol. The monoisotopic (exact) mass is 281 g/mol. The lowest BCUT2D eigenvalue weighted by Gasteiger charge is -2.07. The maximum absolute atomic E-state index is 8.80. The fraction of sp³-hybridized carbons (Fsp3) is 0.471. The Morgan fingerprint density at radius 3 is 2.48 bits per heavy atom. The van der Waals surface area contributed by atoms with Crippen molar-refractivity contribution in [2.24, 2.45) is 0 Å². The van der Waals surface area contributed by atoms with E-state index < -0.39 is 0 Å². The zero-order chi connectivity index (χ0) is 14.5. The molecule has 2 aromatic rings. The molecule has 4 nitrogen and oxygen atoms in total. The van der Waals surface area contributed by atoms with Crippen molar-refractivity contribution in [2.75, 3.05) is 0 Å². The smallest absolute Gasteiger partial charge is 0.231 e. The lowest BCUT2D eigenvalue weighted by molar-refractivity contribution is 0.372. The minimum atomic E-state index is 0.464. The van der Waals surface area contributed by atoms with Gasteiger partial charge in [0.05, 0.1) is 18.1 Å². The van der Waals surface area contributed by atoms with Crippen LogP contribution in [0.5, 0.6) is 0 Å². The van der Waals surface area contributed by atoms with Gasteiger partial charge in [0, 0.05) is 5.92 Å². The summed E-state index contributed by atoms with van der Waals surface area (Å²) in [5, 5.41) is 13.0. The SMILES string of the molecule is N#Cc1ccc(Cc2nc(C3CCCCCC3)no2)cc1. The third-order valence-electron chi connectivity index (χ3n) is 4.14. The van der Waals surface area contributed by atoms with Crippen LogP contribution in [0.1, 0.15) is 67.3 Å². The van der Waals surface area contributed by atoms with Crippen LogP contribution in [0.2, 0.25) is 0 Å². The summed E-state index contributed by atoms with van der Waals surface area (Å²) >= 11 is 0. The van der Waals surface area contributed by atoms with Gasteiger partial charge in [-0.2, -0.15) is 10.2 Å². The Morgan fingerprint density at radius 1 is 1.10 bits per heavy atom. The summed E-state index contributed by atoms with van der Waals surface area (Å²) in [6.07, 6.45) is 8.17. The first kappa shape index (κ1) is 13.8. The van der Waals surface area contributed by atoms with E-state index in [0.29, 0.717) is 23.8 Å². The van der Waals surface area contributed by atoms with Crippen molar-refractivity contribution in [3.63, 3.8) is 0 Å². The van der Waals surface area contributed by atoms with Crippen LogP contribution < -0.4 is 0 Å². The summed E-state index contributed by atoms with van der Waals surface area (Å²) in [5.74, 6) is 2.01. The molecule has 0 atom stereocenters. The lowest BCUT2D eigenvalue weighted by Crippen LogP contribution is -2.00. The third-order valence-corrected chi connectivity index (χ3v) is 4.14. The predicted octanol–water partition coefficient (Wildman–Crippen LogP) is 3.97. The van der Waals surface area contributed by atoms with E-state index in [2.05, 4.69) is 16.2 Å². The van der Waals surface area contributed by atoms with Gasteiger partial charge in [0.25, 0.3) is 0 Å². The van der Waals surface area contributed by atoms with Crippen LogP contribution in [-0.4, -0.2) is 10.1 Å². The molecule has 0 aliphatic heterocycles. The van der Waals surface area contributed by atoms with E-state index in [1.54, 1.807) is 0 Å². The van der Waals surface area contributed by atoms with Crippen LogP contribution in [0.25, 0.3) is 0 Å². The van der Waals surface area contributed by atoms with Crippen LogP contribution in [0.3, 0.4) is 0 Å². The molecule has 108 valence electrons. The van der Waals surface area contributed by atoms with E-state index in [9.17, 15) is 0 Å². The number of hydrogen-bond donors (Lipinski definition) is 0. The number of nitrogens with zero attached hydrogens (tertiary/aromatic N) is 3. The second kappa shape index (κ2) is 6.53. The summed E-state index contributed by atoms with van der Waals surface area (Å²) in [4.78, 5) is 4.57. The molecule has 21 heavy (non-hydrogen) atoms. The molecule has 0 radical (unpaired) electrons. The van der Waals surface area contributed by atoms with Crippen LogP contribution in [0, 0.1) is 11.3 Å². The quantitative estimate of drug-likeness (QED) is 0.798. The third kappa shape index (κ3) is 3.49. The molecule has 1 aliphatic carbocycles. The van der Waals surface area contributed by atoms with E-state index >= 15 is 0 Å². The van der Waals surface area contributed by atoms with E-state index in [1.807, 2.05) is 24.3 Å². The highest BCUT2D eigenvalue weighted by atomic mass is 16.5. The molecule has 3 rings (SSSR count). The van der Waals surface area contributed by atoms with Crippen LogP contribution >= 0.6 is 0 Å². The zero-order valence-electron chi connectivity index (χ0n) is 12.1. The Bertz CT molecular complexity index is 616. The molecule has 1 heterocycles. The van der Waals surface area contributed by atoms with Crippen molar-refractivity contribution in [1.29, 1.82) is 5.26 Å². The maximum atomic E-state index is 8.80. The maximum Gasteiger partial charge on any atom is 0.231 e. The molecular formula is C17H19N3O. The standard InChI is InChI=1S/C17H19N3O/c18-12-14-9-7-13(8-10-14)11-16-19-17(20-21-16)15-5-3-1-2-4-6-15/h7-10,15H,1-6,11H2. The highest BCUT2D eigenvalue weighted by Crippen LogP contribution is 2.29. The summed E-state index contributed by atoms with van der Waals surface area (Å²) in [6, 6.07) is 9.63. The van der Waals surface area contributed by atoms with Gasteiger partial charge in [-0.25, -0.2) is 0 Å². The first-order valence-corrected chi connectivity index (χ1v) is 7.66. The van der Waals surface area contributed by atoms with E-state index in [0.717, 1.165) is 11.4 Å². The molecule has 0 saturated heterocycles. The zero-order valence-corrected chi connectivity index (χ0v) is 12.1. The lowest BCUT2D eigenvalue weighted by atomic mass is 10.00. The largest absolute Gasteiger partial charge is 0.339 e. The Balaban J connectivity index is 1.67. The number of nitriles is 1. The molecule has 1 aromatic heterocycles. The van der Waals surface area contributed by atoms with Crippen LogP contribution in [0.15, 0.2) is 28.8 Å². The van der Waals surface area contributed by atoms with Crippen LogP contribution in [-0.2, 0) is 6.42 Å². The van der Waals surface area contributed by atoms with E-state index in [1.165, 1.54) is 38.5 Å². The molecule has 1 fully saturated rings. The Morgan fingerprint density at radius 2 is 1.81 bits per heavy atom. The normalized spacial score (nSPS) is 16.3. The minimum Gasteiger partial charge on any atom is -0.339 e. The number of benzene rings is 1. The summed E-state index contributed by atoms with van der Waals surface area (Å²) in [6.45, 7) is 0. The minimum absolute atomic E-state index is 0.464. The Labute approximate surface area is 124 Å². The molecule has 4 heteroatoms. The number of aromatic nitrogens is 2. The van der Waals surface area contributed by atoms with Gasteiger partial charge < -0.3 is 4.52 Å². The summed E-state index contributed by atoms with van der Waals surface area (Å²) < 4.78 is 5.39. The van der Waals surface area contributed by atoms with Gasteiger partial charge in [0.2, 0.25) is 5.89 Å². The molecule has 1 aromatic carbocycles. The van der Waals surface area contributed by atoms with Crippen molar-refractivity contribution in [3.8, 4) is 6.07 Å². The van der Waals surface area contributed by atoms with Crippen molar-refractivity contribution >= 4 is 0 Å². The fourth-order valence-corrected chi connectivity index (χ4v) is 2.91. The van der Waals surface area contributed by atoms with Gasteiger partial charge >= 0.3 is 0 Å². The first-order chi connectivity index (χ1) is 10.3. The number of hydrogen-bond acceptors (Lipinski definition) is 4. The van der Waals surface area contributed by atoms with Gasteiger partial charge in [-0.15, -0.1) is 0 Å². The molecule has 0 spiro atoms. The number of rotatable bonds is 3. The average molecular weight is 281 g/mol. The van der Waals surface area contributed by atoms with Crippen molar-refractivity contribution in [3.05, 3.63) is 47.1 Å². The second-order valence-corrected chi connectivity index (χ2v) is 5.72.